The highest BCUT2D eigenvalue weighted by Crippen LogP contribution is 2.30. The van der Waals surface area contributed by atoms with E-state index in [1.54, 1.807) is 49.6 Å². The predicted octanol–water partition coefficient (Wildman–Crippen LogP) is 3.47. The molecule has 2 aromatic carbocycles. The van der Waals surface area contributed by atoms with Crippen molar-refractivity contribution >= 4 is 29.2 Å². The van der Waals surface area contributed by atoms with Gasteiger partial charge in [-0.1, -0.05) is 17.7 Å². The SMILES string of the molecule is COc1cccc(NC(=O)[C@@H](C)OC(=O)[C@@H]2COc3ccc(Cl)cc3C2)c1. The van der Waals surface area contributed by atoms with Gasteiger partial charge in [0.05, 0.1) is 13.0 Å². The summed E-state index contributed by atoms with van der Waals surface area (Å²) in [7, 11) is 1.54. The van der Waals surface area contributed by atoms with E-state index < -0.39 is 23.9 Å². The Morgan fingerprint density at radius 1 is 1.26 bits per heavy atom. The van der Waals surface area contributed by atoms with Crippen molar-refractivity contribution in [1.82, 2.24) is 0 Å². The van der Waals surface area contributed by atoms with Gasteiger partial charge in [0.25, 0.3) is 5.91 Å². The molecule has 0 bridgehead atoms. The summed E-state index contributed by atoms with van der Waals surface area (Å²) < 4.78 is 16.0. The van der Waals surface area contributed by atoms with E-state index >= 15 is 0 Å². The van der Waals surface area contributed by atoms with Crippen LogP contribution in [0.3, 0.4) is 0 Å². The summed E-state index contributed by atoms with van der Waals surface area (Å²) in [6.07, 6.45) is -0.483. The average Bonchev–Trinajstić information content (AvgIpc) is 2.67. The van der Waals surface area contributed by atoms with Crippen LogP contribution in [-0.4, -0.2) is 31.7 Å². The highest BCUT2D eigenvalue weighted by atomic mass is 35.5. The summed E-state index contributed by atoms with van der Waals surface area (Å²) in [6, 6.07) is 12.2. The second-order valence-corrected chi connectivity index (χ2v) is 6.70. The molecule has 0 saturated heterocycles. The first kappa shape index (κ1) is 19.0. The van der Waals surface area contributed by atoms with E-state index in [0.717, 1.165) is 5.56 Å². The molecule has 0 saturated carbocycles. The summed E-state index contributed by atoms with van der Waals surface area (Å²) in [6.45, 7) is 1.74. The van der Waals surface area contributed by atoms with Gasteiger partial charge in [0.15, 0.2) is 6.10 Å². The van der Waals surface area contributed by atoms with Crippen molar-refractivity contribution < 1.29 is 23.8 Å². The van der Waals surface area contributed by atoms with Gasteiger partial charge in [-0.2, -0.15) is 0 Å². The fourth-order valence-electron chi connectivity index (χ4n) is 2.78. The van der Waals surface area contributed by atoms with E-state index in [4.69, 9.17) is 25.8 Å². The van der Waals surface area contributed by atoms with Gasteiger partial charge in [0, 0.05) is 16.8 Å². The Labute approximate surface area is 162 Å². The summed E-state index contributed by atoms with van der Waals surface area (Å²) in [5, 5.41) is 3.28. The molecular weight excluding hydrogens is 370 g/mol. The first-order valence-corrected chi connectivity index (χ1v) is 8.90. The van der Waals surface area contributed by atoms with Gasteiger partial charge in [-0.3, -0.25) is 9.59 Å². The molecule has 1 N–H and O–H groups in total. The maximum Gasteiger partial charge on any atom is 0.313 e. The predicted molar refractivity (Wildman–Crippen MR) is 101 cm³/mol. The number of rotatable bonds is 5. The fraction of sp³-hybridized carbons (Fsp3) is 0.300. The summed E-state index contributed by atoms with van der Waals surface area (Å²) in [5.41, 5.74) is 1.41. The third kappa shape index (κ3) is 4.71. The molecule has 1 aliphatic heterocycles. The van der Waals surface area contributed by atoms with Gasteiger partial charge in [0.1, 0.15) is 18.1 Å². The van der Waals surface area contributed by atoms with Crippen molar-refractivity contribution in [2.75, 3.05) is 19.0 Å². The smallest absolute Gasteiger partial charge is 0.313 e. The summed E-state index contributed by atoms with van der Waals surface area (Å²) >= 11 is 5.99. The van der Waals surface area contributed by atoms with E-state index in [9.17, 15) is 9.59 Å². The van der Waals surface area contributed by atoms with Gasteiger partial charge in [-0.15, -0.1) is 0 Å². The maximum atomic E-state index is 12.4. The van der Waals surface area contributed by atoms with Crippen molar-refractivity contribution in [3.63, 3.8) is 0 Å². The molecule has 7 heteroatoms. The van der Waals surface area contributed by atoms with E-state index in [1.165, 1.54) is 6.92 Å². The largest absolute Gasteiger partial charge is 0.497 e. The molecule has 1 heterocycles. The highest BCUT2D eigenvalue weighted by molar-refractivity contribution is 6.30. The Morgan fingerprint density at radius 3 is 2.85 bits per heavy atom. The number of amides is 1. The molecule has 0 unspecified atom stereocenters. The number of halogens is 1. The van der Waals surface area contributed by atoms with E-state index in [2.05, 4.69) is 5.32 Å². The van der Waals surface area contributed by atoms with Crippen molar-refractivity contribution in [2.45, 2.75) is 19.4 Å². The van der Waals surface area contributed by atoms with E-state index in [-0.39, 0.29) is 6.61 Å². The summed E-state index contributed by atoms with van der Waals surface area (Å²) in [5.74, 6) is -0.0462. The molecule has 2 atom stereocenters. The number of nitrogens with one attached hydrogen (secondary N) is 1. The molecule has 6 nitrogen and oxygen atoms in total. The number of benzene rings is 2. The number of carbonyl (C=O) groups is 2. The number of anilines is 1. The molecule has 2 aromatic rings. The lowest BCUT2D eigenvalue weighted by Gasteiger charge is -2.25. The third-order valence-corrected chi connectivity index (χ3v) is 4.50. The van der Waals surface area contributed by atoms with Crippen LogP contribution in [0.5, 0.6) is 11.5 Å². The minimum Gasteiger partial charge on any atom is -0.497 e. The van der Waals surface area contributed by atoms with E-state index in [0.29, 0.717) is 28.6 Å². The van der Waals surface area contributed by atoms with Crippen LogP contribution in [0.15, 0.2) is 42.5 Å². The topological polar surface area (TPSA) is 73.9 Å². The molecule has 0 spiro atoms. The quantitative estimate of drug-likeness (QED) is 0.792. The monoisotopic (exact) mass is 389 g/mol. The Balaban J connectivity index is 1.57. The number of carbonyl (C=O) groups excluding carboxylic acids is 2. The highest BCUT2D eigenvalue weighted by Gasteiger charge is 2.30. The molecule has 0 aliphatic carbocycles. The van der Waals surface area contributed by atoms with Gasteiger partial charge >= 0.3 is 5.97 Å². The third-order valence-electron chi connectivity index (χ3n) is 4.26. The number of hydrogen-bond acceptors (Lipinski definition) is 5. The molecule has 142 valence electrons. The van der Waals surface area contributed by atoms with Crippen molar-refractivity contribution in [1.29, 1.82) is 0 Å². The minimum absolute atomic E-state index is 0.206. The molecule has 0 aromatic heterocycles. The van der Waals surface area contributed by atoms with Crippen molar-refractivity contribution in [3.8, 4) is 11.5 Å². The van der Waals surface area contributed by atoms with Crippen LogP contribution in [0.25, 0.3) is 0 Å². The second kappa shape index (κ2) is 8.31. The van der Waals surface area contributed by atoms with Crippen LogP contribution >= 0.6 is 11.6 Å². The first-order chi connectivity index (χ1) is 13.0. The first-order valence-electron chi connectivity index (χ1n) is 8.53. The van der Waals surface area contributed by atoms with E-state index in [1.807, 2.05) is 0 Å². The Bertz CT molecular complexity index is 854. The lowest BCUT2D eigenvalue weighted by Crippen LogP contribution is -2.36. The number of methoxy groups -OCH3 is 1. The Kier molecular flexibility index (Phi) is 5.86. The van der Waals surface area contributed by atoms with Crippen molar-refractivity contribution in [3.05, 3.63) is 53.1 Å². The zero-order valence-corrected chi connectivity index (χ0v) is 15.8. The number of esters is 1. The maximum absolute atomic E-state index is 12.4. The number of hydrogen-bond donors (Lipinski definition) is 1. The molecule has 1 aliphatic rings. The minimum atomic E-state index is -0.940. The fourth-order valence-corrected chi connectivity index (χ4v) is 2.98. The van der Waals surface area contributed by atoms with Gasteiger partial charge in [-0.25, -0.2) is 0 Å². The Hall–Kier alpha value is -2.73. The van der Waals surface area contributed by atoms with Gasteiger partial charge < -0.3 is 19.5 Å². The van der Waals surface area contributed by atoms with Crippen LogP contribution in [0, 0.1) is 5.92 Å². The van der Waals surface area contributed by atoms with Gasteiger partial charge in [-0.05, 0) is 49.2 Å². The normalized spacial score (nSPS) is 16.5. The van der Waals surface area contributed by atoms with Crippen LogP contribution in [0.1, 0.15) is 12.5 Å². The zero-order valence-electron chi connectivity index (χ0n) is 15.0. The standard InChI is InChI=1S/C20H20ClNO5/c1-12(19(23)22-16-4-3-5-17(10-16)25-2)27-20(24)14-8-13-9-15(21)6-7-18(13)26-11-14/h3-7,9-10,12,14H,8,11H2,1-2H3,(H,22,23)/t12-,14+/m1/s1. The van der Waals surface area contributed by atoms with Gasteiger partial charge in [0.2, 0.25) is 0 Å². The number of ether oxygens (including phenoxy) is 3. The molecule has 3 rings (SSSR count). The Morgan fingerprint density at radius 2 is 2.07 bits per heavy atom. The molecule has 27 heavy (non-hydrogen) atoms. The molecule has 0 radical (unpaired) electrons. The number of fused-ring (bicyclic) bond motifs is 1. The van der Waals surface area contributed by atoms with Crippen LogP contribution in [0.2, 0.25) is 5.02 Å². The van der Waals surface area contributed by atoms with Crippen LogP contribution in [0.4, 0.5) is 5.69 Å². The molecular formula is C20H20ClNO5. The zero-order chi connectivity index (χ0) is 19.4. The second-order valence-electron chi connectivity index (χ2n) is 6.26. The van der Waals surface area contributed by atoms with Crippen LogP contribution < -0.4 is 14.8 Å². The lowest BCUT2D eigenvalue weighted by atomic mass is 9.97. The van der Waals surface area contributed by atoms with Crippen molar-refractivity contribution in [2.24, 2.45) is 5.92 Å². The average molecular weight is 390 g/mol. The van der Waals surface area contributed by atoms with Crippen LogP contribution in [-0.2, 0) is 20.7 Å². The summed E-state index contributed by atoms with van der Waals surface area (Å²) in [4.78, 5) is 24.7. The lowest BCUT2D eigenvalue weighted by molar-refractivity contribution is -0.158. The molecule has 1 amide bonds. The molecule has 0 fully saturated rings.